The second-order valence-corrected chi connectivity index (χ2v) is 26.1. The average molecular weight is 1450 g/mol. The molecule has 0 spiro atoms. The fourth-order valence-corrected chi connectivity index (χ4v) is 11.9. The van der Waals surface area contributed by atoms with Crippen molar-refractivity contribution in [2.24, 2.45) is 5.92 Å². The molecule has 0 unspecified atom stereocenters. The number of aryl methyl sites for hydroxylation is 5. The van der Waals surface area contributed by atoms with Crippen LogP contribution in [0.25, 0.3) is 31.3 Å². The molecule has 3 atom stereocenters. The number of pyridine rings is 3. The predicted molar refractivity (Wildman–Crippen MR) is 401 cm³/mol. The van der Waals surface area contributed by atoms with Gasteiger partial charge in [-0.1, -0.05) is 42.9 Å². The first-order valence-electron chi connectivity index (χ1n) is 33.0. The van der Waals surface area contributed by atoms with Crippen LogP contribution in [-0.4, -0.2) is 163 Å². The van der Waals surface area contributed by atoms with Crippen molar-refractivity contribution >= 4 is 86.3 Å². The molecule has 0 aliphatic rings. The van der Waals surface area contributed by atoms with Crippen LogP contribution in [0.15, 0.2) is 110 Å². The van der Waals surface area contributed by atoms with E-state index in [0.717, 1.165) is 95.6 Å². The van der Waals surface area contributed by atoms with Gasteiger partial charge in [-0.2, -0.15) is 0 Å². The molecule has 0 aromatic carbocycles. The minimum absolute atomic E-state index is 0.0678. The molecule has 9 rings (SSSR count). The molecule has 29 heteroatoms. The van der Waals surface area contributed by atoms with Crippen LogP contribution >= 0.6 is 34.0 Å². The SMILES string of the molecule is CC#CC(=O)N(C)[C@@H](C)C(=O)NCCCc1cc(Cc2ncc(-c3ccncc3)s2)nc(C)n1.CC#CC(=O)N(C)[C@@H](C)C(=O)NCCNc1cc(Nc2ncc(-c3ccncc3)s2)nc(C)n1.CC#CC(=O)O.CC[C@@H](C)C(=O)NCCCc1cc(Cc2ncc(-c3ccncc3)s2)nc(C)n1. The summed E-state index contributed by atoms with van der Waals surface area (Å²) in [5, 5.41) is 25.5. The molecule has 0 saturated carbocycles. The third kappa shape index (κ3) is 28.0. The third-order valence-electron chi connectivity index (χ3n) is 15.0. The van der Waals surface area contributed by atoms with Crippen molar-refractivity contribution in [1.29, 1.82) is 0 Å². The molecule has 0 bridgehead atoms. The predicted octanol–water partition coefficient (Wildman–Crippen LogP) is 9.34. The van der Waals surface area contributed by atoms with Crippen molar-refractivity contribution in [2.45, 2.75) is 126 Å². The Bertz CT molecular complexity index is 4270. The fraction of sp³-hybridized carbons (Fsp3) is 0.351. The lowest BCUT2D eigenvalue weighted by atomic mass is 10.1. The minimum Gasteiger partial charge on any atom is -0.472 e. The van der Waals surface area contributed by atoms with Gasteiger partial charge in [-0.25, -0.2) is 49.7 Å². The summed E-state index contributed by atoms with van der Waals surface area (Å²) in [7, 11) is 3.13. The maximum Gasteiger partial charge on any atom is 0.381 e. The van der Waals surface area contributed by atoms with Gasteiger partial charge in [-0.05, 0) is 165 Å². The van der Waals surface area contributed by atoms with Gasteiger partial charge in [0.1, 0.15) is 41.2 Å². The van der Waals surface area contributed by atoms with Crippen LogP contribution in [0.1, 0.15) is 118 Å². The van der Waals surface area contributed by atoms with Crippen LogP contribution in [0, 0.1) is 62.2 Å². The Balaban J connectivity index is 0.000000234. The van der Waals surface area contributed by atoms with Crippen molar-refractivity contribution < 1.29 is 33.9 Å². The number of rotatable bonds is 27. The first kappa shape index (κ1) is 80.7. The van der Waals surface area contributed by atoms with Gasteiger partial charge in [0, 0.05) is 138 Å². The van der Waals surface area contributed by atoms with Gasteiger partial charge in [0.2, 0.25) is 17.7 Å². The van der Waals surface area contributed by atoms with Crippen molar-refractivity contribution in [1.82, 2.24) is 85.6 Å². The second kappa shape index (κ2) is 42.7. The number of carbonyl (C=O) groups excluding carboxylic acids is 5. The topological polar surface area (TPSA) is 344 Å². The van der Waals surface area contributed by atoms with Crippen LogP contribution in [-0.2, 0) is 54.5 Å². The standard InChI is InChI=1S/C25H28N6O2S.C23H26N8O2S.C22H27N5OS.C4H4O2/c1-5-7-24(32)31(4)17(2)25(33)27-11-6-8-20-14-21(30-18(3)29-20)15-23-28-16-22(34-23)19-9-12-26-13-10-19;1-5-6-21(32)31(4)15(2)22(33)26-12-11-25-19-13-20(29-16(3)28-19)30-23-27-14-18(34-23)17-7-9-24-10-8-17;1-4-15(2)22(28)24-9-5-6-18-12-19(27-16(3)26-18)13-21-25-14-20(29-21)17-7-10-23-11-8-17;1-2-3-4(5)6/h9-10,12-14,16-17H,6,8,11,15H2,1-4H3,(H,27,33);7-10,13-15H,11-12H2,1-4H3,(H,26,33)(H2,25,27,28,29,30);7-8,10-12,14-15H,4-6,9,13H2,1-3H3,(H,24,28);1H3,(H,5,6)/t17-;2*15-;/m001./s1. The van der Waals surface area contributed by atoms with Gasteiger partial charge in [0.25, 0.3) is 11.8 Å². The molecule has 0 aliphatic heterocycles. The van der Waals surface area contributed by atoms with E-state index < -0.39 is 24.0 Å². The third-order valence-corrected chi connectivity index (χ3v) is 18.1. The zero-order valence-electron chi connectivity index (χ0n) is 59.8. The minimum atomic E-state index is -1.07. The molecule has 9 aromatic heterocycles. The van der Waals surface area contributed by atoms with E-state index in [1.165, 1.54) is 28.1 Å². The Morgan fingerprint density at radius 3 is 1.32 bits per heavy atom. The number of hydrogen-bond acceptors (Lipinski definition) is 23. The van der Waals surface area contributed by atoms with Crippen LogP contribution < -0.4 is 26.6 Å². The fourth-order valence-electron chi connectivity index (χ4n) is 9.23. The molecule has 5 amide bonds. The van der Waals surface area contributed by atoms with Crippen LogP contribution in [0.5, 0.6) is 0 Å². The summed E-state index contributed by atoms with van der Waals surface area (Å²) in [5.74, 6) is 15.3. The first-order chi connectivity index (χ1) is 49.6. The van der Waals surface area contributed by atoms with Gasteiger partial charge < -0.3 is 41.5 Å². The number of aromatic nitrogens is 12. The number of amides is 5. The summed E-state index contributed by atoms with van der Waals surface area (Å²) in [6.45, 7) is 19.5. The van der Waals surface area contributed by atoms with Crippen LogP contribution in [0.4, 0.5) is 16.8 Å². The Morgan fingerprint density at radius 1 is 0.495 bits per heavy atom. The lowest BCUT2D eigenvalue weighted by molar-refractivity contribution is -0.134. The molecule has 26 nitrogen and oxygen atoms in total. The highest BCUT2D eigenvalue weighted by Crippen LogP contribution is 2.31. The van der Waals surface area contributed by atoms with Gasteiger partial charge in [0.15, 0.2) is 5.13 Å². The lowest BCUT2D eigenvalue weighted by Crippen LogP contribution is -2.46. The van der Waals surface area contributed by atoms with E-state index in [2.05, 4.69) is 122 Å². The zero-order chi connectivity index (χ0) is 74.6. The van der Waals surface area contributed by atoms with Crippen LogP contribution in [0.3, 0.4) is 0 Å². The quantitative estimate of drug-likeness (QED) is 0.0206. The Kier molecular flexibility index (Phi) is 33.4. The number of carboxylic acids is 1. The summed E-state index contributed by atoms with van der Waals surface area (Å²) in [6, 6.07) is 16.4. The molecular formula is C74H85N19O7S3. The van der Waals surface area contributed by atoms with E-state index in [9.17, 15) is 28.8 Å². The Hall–Kier alpha value is -11.3. The van der Waals surface area contributed by atoms with Gasteiger partial charge >= 0.3 is 5.97 Å². The maximum absolute atomic E-state index is 12.3. The largest absolute Gasteiger partial charge is 0.472 e. The Morgan fingerprint density at radius 2 is 0.893 bits per heavy atom. The van der Waals surface area contributed by atoms with Crippen molar-refractivity contribution in [3.05, 3.63) is 161 Å². The van der Waals surface area contributed by atoms with E-state index in [1.807, 2.05) is 88.5 Å². The van der Waals surface area contributed by atoms with E-state index in [-0.39, 0.29) is 29.5 Å². The van der Waals surface area contributed by atoms with Gasteiger partial charge in [-0.3, -0.25) is 38.9 Å². The summed E-state index contributed by atoms with van der Waals surface area (Å²) >= 11 is 4.83. The number of hydrogen-bond donors (Lipinski definition) is 6. The second-order valence-electron chi connectivity index (χ2n) is 22.9. The highest BCUT2D eigenvalue weighted by atomic mass is 32.1. The number of carboxylic acid groups (broad SMARTS) is 1. The number of likely N-dealkylation sites (N-methyl/N-ethyl adjacent to an activating group) is 2. The summed E-state index contributed by atoms with van der Waals surface area (Å²) in [6.07, 6.45) is 21.5. The van der Waals surface area contributed by atoms with Crippen molar-refractivity contribution in [2.75, 3.05) is 50.9 Å². The molecule has 0 aliphatic carbocycles. The number of nitrogens with one attached hydrogen (secondary N) is 5. The molecule has 536 valence electrons. The summed E-state index contributed by atoms with van der Waals surface area (Å²) in [4.78, 5) is 128. The molecule has 103 heavy (non-hydrogen) atoms. The molecular weight excluding hydrogens is 1360 g/mol. The molecule has 0 radical (unpaired) electrons. The van der Waals surface area contributed by atoms with Gasteiger partial charge in [0.05, 0.1) is 36.0 Å². The van der Waals surface area contributed by atoms with Crippen molar-refractivity contribution in [3.8, 4) is 66.8 Å². The molecule has 0 saturated heterocycles. The normalized spacial score (nSPS) is 11.1. The first-order valence-corrected chi connectivity index (χ1v) is 35.5. The van der Waals surface area contributed by atoms with Gasteiger partial charge in [-0.15, -0.1) is 22.7 Å². The number of thiazole rings is 3. The molecule has 9 aromatic rings. The summed E-state index contributed by atoms with van der Waals surface area (Å²) in [5.41, 5.74) is 7.12. The Labute approximate surface area is 612 Å². The molecule has 9 heterocycles. The van der Waals surface area contributed by atoms with Crippen LogP contribution in [0.2, 0.25) is 0 Å². The highest BCUT2D eigenvalue weighted by molar-refractivity contribution is 7.19. The van der Waals surface area contributed by atoms with E-state index in [1.54, 1.807) is 121 Å². The lowest BCUT2D eigenvalue weighted by Gasteiger charge is -2.22. The number of carbonyl (C=O) groups is 6. The van der Waals surface area contributed by atoms with E-state index in [0.29, 0.717) is 73.9 Å². The highest BCUT2D eigenvalue weighted by Gasteiger charge is 2.23. The number of aliphatic carboxylic acids is 1. The van der Waals surface area contributed by atoms with E-state index >= 15 is 0 Å². The smallest absolute Gasteiger partial charge is 0.381 e. The van der Waals surface area contributed by atoms with E-state index in [4.69, 9.17) is 5.11 Å². The molecule has 6 N–H and O–H groups in total. The maximum atomic E-state index is 12.3. The monoisotopic (exact) mass is 1450 g/mol. The molecule has 0 fully saturated rings. The summed E-state index contributed by atoms with van der Waals surface area (Å²) < 4.78 is 0. The average Bonchev–Trinajstić information content (AvgIpc) is 1.80. The number of anilines is 3. The zero-order valence-corrected chi connectivity index (χ0v) is 62.2. The van der Waals surface area contributed by atoms with Crippen molar-refractivity contribution in [3.63, 3.8) is 0 Å². The number of nitrogens with zero attached hydrogens (tertiary/aromatic N) is 14.